The van der Waals surface area contributed by atoms with Gasteiger partial charge in [-0.05, 0) is 29.6 Å². The fourth-order valence-electron chi connectivity index (χ4n) is 1.22. The van der Waals surface area contributed by atoms with Crippen LogP contribution in [0.15, 0.2) is 11.4 Å². The molecule has 11 heavy (non-hydrogen) atoms. The smallest absolute Gasteiger partial charge is 0.423 e. The Kier molecular flexibility index (Phi) is 1.75. The predicted molar refractivity (Wildman–Crippen MR) is 46.1 cm³/mol. The van der Waals surface area contributed by atoms with Crippen LogP contribution in [0, 0.1) is 0 Å². The quantitative estimate of drug-likeness (QED) is 0.623. The van der Waals surface area contributed by atoms with Crippen molar-refractivity contribution in [1.82, 2.24) is 0 Å². The average Bonchev–Trinajstić information content (AvgIpc) is 2.68. The SMILES string of the molecule is OB(O)c1ccsc1C1CC1. The summed E-state index contributed by atoms with van der Waals surface area (Å²) >= 11 is 1.63. The molecule has 0 radical (unpaired) electrons. The molecule has 0 aliphatic heterocycles. The minimum atomic E-state index is -1.28. The van der Waals surface area contributed by atoms with Crippen molar-refractivity contribution in [2.75, 3.05) is 0 Å². The Bertz CT molecular complexity index is 238. The highest BCUT2D eigenvalue weighted by molar-refractivity contribution is 7.11. The van der Waals surface area contributed by atoms with Gasteiger partial charge in [-0.3, -0.25) is 0 Å². The molecule has 1 aliphatic rings. The molecule has 0 spiro atoms. The summed E-state index contributed by atoms with van der Waals surface area (Å²) in [5, 5.41) is 19.8. The van der Waals surface area contributed by atoms with Crippen LogP contribution >= 0.6 is 11.3 Å². The Labute approximate surface area is 69.6 Å². The second kappa shape index (κ2) is 2.62. The van der Waals surface area contributed by atoms with E-state index in [0.717, 1.165) is 0 Å². The monoisotopic (exact) mass is 168 g/mol. The maximum absolute atomic E-state index is 8.93. The van der Waals surface area contributed by atoms with Crippen molar-refractivity contribution in [3.05, 3.63) is 16.3 Å². The standard InChI is InChI=1S/C7H9BO2S/c9-8(10)6-3-4-11-7(6)5-1-2-5/h3-5,9-10H,1-2H2. The second-order valence-corrected chi connectivity index (χ2v) is 3.84. The lowest BCUT2D eigenvalue weighted by molar-refractivity contribution is 0.425. The van der Waals surface area contributed by atoms with Gasteiger partial charge in [-0.15, -0.1) is 11.3 Å². The zero-order valence-electron chi connectivity index (χ0n) is 6.03. The van der Waals surface area contributed by atoms with Gasteiger partial charge in [0.05, 0.1) is 0 Å². The molecule has 4 heteroatoms. The van der Waals surface area contributed by atoms with Crippen molar-refractivity contribution in [2.45, 2.75) is 18.8 Å². The lowest BCUT2D eigenvalue weighted by Crippen LogP contribution is -2.30. The van der Waals surface area contributed by atoms with Crippen molar-refractivity contribution in [3.63, 3.8) is 0 Å². The van der Waals surface area contributed by atoms with E-state index in [1.165, 1.54) is 17.7 Å². The third-order valence-corrected chi connectivity index (χ3v) is 3.05. The van der Waals surface area contributed by atoms with Crippen LogP contribution in [0.5, 0.6) is 0 Å². The van der Waals surface area contributed by atoms with Crippen molar-refractivity contribution in [1.29, 1.82) is 0 Å². The van der Waals surface area contributed by atoms with Gasteiger partial charge in [0.2, 0.25) is 0 Å². The van der Waals surface area contributed by atoms with Gasteiger partial charge in [0, 0.05) is 4.88 Å². The predicted octanol–water partition coefficient (Wildman–Crippen LogP) is 0.305. The fraction of sp³-hybridized carbons (Fsp3) is 0.429. The van der Waals surface area contributed by atoms with Crippen LogP contribution in [0.2, 0.25) is 0 Å². The van der Waals surface area contributed by atoms with E-state index in [4.69, 9.17) is 10.0 Å². The van der Waals surface area contributed by atoms with Gasteiger partial charge in [-0.1, -0.05) is 6.07 Å². The van der Waals surface area contributed by atoms with Gasteiger partial charge in [-0.25, -0.2) is 0 Å². The Balaban J connectivity index is 2.30. The molecule has 0 amide bonds. The van der Waals surface area contributed by atoms with E-state index in [1.807, 2.05) is 5.38 Å². The number of thiophene rings is 1. The average molecular weight is 168 g/mol. The van der Waals surface area contributed by atoms with E-state index in [9.17, 15) is 0 Å². The van der Waals surface area contributed by atoms with Crippen LogP contribution in [0.1, 0.15) is 23.6 Å². The summed E-state index contributed by atoms with van der Waals surface area (Å²) in [4.78, 5) is 1.17. The van der Waals surface area contributed by atoms with E-state index in [0.29, 0.717) is 11.4 Å². The van der Waals surface area contributed by atoms with Gasteiger partial charge in [0.15, 0.2) is 0 Å². The fourth-order valence-corrected chi connectivity index (χ4v) is 2.32. The molecule has 2 nitrogen and oxygen atoms in total. The first-order valence-corrected chi connectivity index (χ1v) is 4.60. The third-order valence-electron chi connectivity index (χ3n) is 1.95. The topological polar surface area (TPSA) is 40.5 Å². The highest BCUT2D eigenvalue weighted by atomic mass is 32.1. The highest BCUT2D eigenvalue weighted by Gasteiger charge is 2.30. The van der Waals surface area contributed by atoms with Crippen LogP contribution in [0.25, 0.3) is 0 Å². The highest BCUT2D eigenvalue weighted by Crippen LogP contribution is 2.41. The minimum Gasteiger partial charge on any atom is -0.423 e. The zero-order valence-corrected chi connectivity index (χ0v) is 6.84. The normalized spacial score (nSPS) is 16.9. The molecule has 0 bridgehead atoms. The lowest BCUT2D eigenvalue weighted by Gasteiger charge is -1.98. The molecule has 1 aromatic heterocycles. The number of rotatable bonds is 2. The largest absolute Gasteiger partial charge is 0.489 e. The number of hydrogen-bond acceptors (Lipinski definition) is 3. The van der Waals surface area contributed by atoms with Gasteiger partial charge in [0.25, 0.3) is 0 Å². The summed E-state index contributed by atoms with van der Waals surface area (Å²) in [6.07, 6.45) is 2.42. The van der Waals surface area contributed by atoms with Crippen molar-refractivity contribution < 1.29 is 10.0 Å². The first-order valence-electron chi connectivity index (χ1n) is 3.72. The van der Waals surface area contributed by atoms with Gasteiger partial charge >= 0.3 is 7.12 Å². The maximum atomic E-state index is 8.93. The van der Waals surface area contributed by atoms with Gasteiger partial charge < -0.3 is 10.0 Å². The molecule has 1 saturated carbocycles. The Morgan fingerprint density at radius 1 is 1.45 bits per heavy atom. The van der Waals surface area contributed by atoms with E-state index in [1.54, 1.807) is 17.4 Å². The zero-order chi connectivity index (χ0) is 7.84. The summed E-state index contributed by atoms with van der Waals surface area (Å²) in [6.45, 7) is 0. The Morgan fingerprint density at radius 3 is 2.73 bits per heavy atom. The Morgan fingerprint density at radius 2 is 2.18 bits per heavy atom. The molecule has 1 aliphatic carbocycles. The van der Waals surface area contributed by atoms with Crippen molar-refractivity contribution in [3.8, 4) is 0 Å². The first-order chi connectivity index (χ1) is 5.29. The summed E-state index contributed by atoms with van der Waals surface area (Å²) in [5.74, 6) is 0.617. The molecule has 0 unspecified atom stereocenters. The molecule has 0 aromatic carbocycles. The number of hydrogen-bond donors (Lipinski definition) is 2. The van der Waals surface area contributed by atoms with E-state index in [-0.39, 0.29) is 0 Å². The molecule has 1 heterocycles. The first kappa shape index (κ1) is 7.34. The van der Waals surface area contributed by atoms with E-state index in [2.05, 4.69) is 0 Å². The molecule has 58 valence electrons. The van der Waals surface area contributed by atoms with Crippen LogP contribution < -0.4 is 5.46 Å². The van der Waals surface area contributed by atoms with E-state index >= 15 is 0 Å². The van der Waals surface area contributed by atoms with Crippen molar-refractivity contribution >= 4 is 23.9 Å². The molecule has 1 aromatic rings. The molecule has 2 rings (SSSR count). The maximum Gasteiger partial charge on any atom is 0.489 e. The van der Waals surface area contributed by atoms with Crippen LogP contribution in [-0.4, -0.2) is 17.2 Å². The van der Waals surface area contributed by atoms with Gasteiger partial charge in [-0.2, -0.15) is 0 Å². The Hall–Kier alpha value is -0.315. The third kappa shape index (κ3) is 1.34. The summed E-state index contributed by atoms with van der Waals surface area (Å²) in [6, 6.07) is 1.79. The molecule has 0 saturated heterocycles. The molecule has 1 fully saturated rings. The van der Waals surface area contributed by atoms with Crippen molar-refractivity contribution in [2.24, 2.45) is 0 Å². The lowest BCUT2D eigenvalue weighted by atomic mass is 9.80. The van der Waals surface area contributed by atoms with E-state index < -0.39 is 7.12 Å². The molecular formula is C7H9BO2S. The molecular weight excluding hydrogens is 159 g/mol. The summed E-state index contributed by atoms with van der Waals surface area (Å²) in [7, 11) is -1.28. The summed E-state index contributed by atoms with van der Waals surface area (Å²) in [5.41, 5.74) is 0.706. The van der Waals surface area contributed by atoms with Crippen LogP contribution in [-0.2, 0) is 0 Å². The van der Waals surface area contributed by atoms with Crippen LogP contribution in [0.3, 0.4) is 0 Å². The minimum absolute atomic E-state index is 0.617. The summed E-state index contributed by atoms with van der Waals surface area (Å²) < 4.78 is 0. The molecule has 0 atom stereocenters. The molecule has 2 N–H and O–H groups in total. The second-order valence-electron chi connectivity index (χ2n) is 2.89. The van der Waals surface area contributed by atoms with Crippen LogP contribution in [0.4, 0.5) is 0 Å². The van der Waals surface area contributed by atoms with Gasteiger partial charge in [0.1, 0.15) is 0 Å².